The van der Waals surface area contributed by atoms with Crippen molar-refractivity contribution in [1.82, 2.24) is 5.32 Å². The van der Waals surface area contributed by atoms with E-state index < -0.39 is 86.8 Å². The van der Waals surface area contributed by atoms with Crippen LogP contribution in [0.15, 0.2) is 12.2 Å². The summed E-state index contributed by atoms with van der Waals surface area (Å²) in [6.07, 6.45) is 63.0. The van der Waals surface area contributed by atoms with E-state index in [0.29, 0.717) is 0 Å². The molecule has 0 bridgehead atoms. The van der Waals surface area contributed by atoms with E-state index in [-0.39, 0.29) is 18.9 Å². The van der Waals surface area contributed by atoms with Crippen molar-refractivity contribution in [3.05, 3.63) is 12.2 Å². The van der Waals surface area contributed by atoms with Crippen LogP contribution in [0.3, 0.4) is 0 Å². The van der Waals surface area contributed by atoms with Gasteiger partial charge in [0.1, 0.15) is 48.8 Å². The molecular formula is C78H151NO13. The van der Waals surface area contributed by atoms with Crippen molar-refractivity contribution in [3.63, 3.8) is 0 Å². The number of aliphatic hydroxyl groups excluding tert-OH is 8. The molecule has 2 saturated heterocycles. The van der Waals surface area contributed by atoms with Gasteiger partial charge in [-0.15, -0.1) is 0 Å². The van der Waals surface area contributed by atoms with Crippen molar-refractivity contribution >= 4 is 5.91 Å². The van der Waals surface area contributed by atoms with E-state index in [1.165, 1.54) is 321 Å². The van der Waals surface area contributed by atoms with Crippen molar-refractivity contribution in [2.75, 3.05) is 19.8 Å². The van der Waals surface area contributed by atoms with Crippen molar-refractivity contribution in [1.29, 1.82) is 0 Å². The lowest BCUT2D eigenvalue weighted by molar-refractivity contribution is -0.359. The number of carbonyl (C=O) groups is 1. The van der Waals surface area contributed by atoms with Gasteiger partial charge in [0.05, 0.1) is 32.0 Å². The van der Waals surface area contributed by atoms with Gasteiger partial charge in [-0.05, 0) is 19.3 Å². The van der Waals surface area contributed by atoms with Crippen LogP contribution in [0.4, 0.5) is 0 Å². The molecule has 14 nitrogen and oxygen atoms in total. The first-order chi connectivity index (χ1) is 45.1. The highest BCUT2D eigenvalue weighted by atomic mass is 16.7. The zero-order valence-corrected chi connectivity index (χ0v) is 59.8. The first kappa shape index (κ1) is 86.8. The van der Waals surface area contributed by atoms with Gasteiger partial charge in [0.2, 0.25) is 5.91 Å². The Morgan fingerprint density at radius 3 is 1.00 bits per heavy atom. The maximum absolute atomic E-state index is 13.4. The molecule has 2 rings (SSSR count). The number of aliphatic hydroxyl groups is 8. The number of nitrogens with one attached hydrogen (secondary N) is 1. The Morgan fingerprint density at radius 2 is 0.674 bits per heavy atom. The Morgan fingerprint density at radius 1 is 0.380 bits per heavy atom. The van der Waals surface area contributed by atoms with Gasteiger partial charge in [-0.25, -0.2) is 0 Å². The van der Waals surface area contributed by atoms with Crippen molar-refractivity contribution in [3.8, 4) is 0 Å². The second-order valence-electron chi connectivity index (χ2n) is 28.6. The Balaban J connectivity index is 1.62. The maximum atomic E-state index is 13.4. The molecule has 0 radical (unpaired) electrons. The highest BCUT2D eigenvalue weighted by Gasteiger charge is 2.51. The fourth-order valence-electron chi connectivity index (χ4n) is 13.7. The highest BCUT2D eigenvalue weighted by Crippen LogP contribution is 2.30. The summed E-state index contributed by atoms with van der Waals surface area (Å²) in [6.45, 7) is 2.88. The SMILES string of the molecule is CCCCCCCCCCCCCCCCCCCCCCCCCCCCC/C=C/C(O)C(COC1OC(CO)C(OC2OC(CO)C(O)C(O)C2O)C(O)C1O)NC(=O)CCCCCCCCCCCCCCCCCCCCCCCCCCCCCCC. The largest absolute Gasteiger partial charge is 0.394 e. The Kier molecular flexibility index (Phi) is 59.6. The van der Waals surface area contributed by atoms with Gasteiger partial charge in [-0.3, -0.25) is 4.79 Å². The number of amides is 1. The van der Waals surface area contributed by atoms with Gasteiger partial charge in [0, 0.05) is 6.42 Å². The summed E-state index contributed by atoms with van der Waals surface area (Å²) in [6, 6.07) is -0.912. The highest BCUT2D eigenvalue weighted by molar-refractivity contribution is 5.76. The Bertz CT molecular complexity index is 1590. The van der Waals surface area contributed by atoms with E-state index in [1.54, 1.807) is 6.08 Å². The fourth-order valence-corrected chi connectivity index (χ4v) is 13.7. The smallest absolute Gasteiger partial charge is 0.220 e. The second-order valence-corrected chi connectivity index (χ2v) is 28.6. The van der Waals surface area contributed by atoms with Gasteiger partial charge in [-0.1, -0.05) is 373 Å². The minimum absolute atomic E-state index is 0.229. The lowest BCUT2D eigenvalue weighted by Gasteiger charge is -2.46. The molecule has 9 N–H and O–H groups in total. The molecule has 546 valence electrons. The average Bonchev–Trinajstić information content (AvgIpc) is 1.04. The Hall–Kier alpha value is -1.27. The molecule has 0 aromatic carbocycles. The van der Waals surface area contributed by atoms with E-state index in [1.807, 2.05) is 6.08 Å². The molecule has 0 aliphatic carbocycles. The normalized spacial score (nSPS) is 22.6. The molecule has 2 heterocycles. The minimum atomic E-state index is -1.79. The van der Waals surface area contributed by atoms with Crippen molar-refractivity contribution < 1.29 is 64.6 Å². The van der Waals surface area contributed by atoms with Crippen LogP contribution in [0.25, 0.3) is 0 Å². The summed E-state index contributed by atoms with van der Waals surface area (Å²) >= 11 is 0. The summed E-state index contributed by atoms with van der Waals surface area (Å²) < 4.78 is 22.9. The van der Waals surface area contributed by atoms with Crippen LogP contribution in [-0.2, 0) is 23.7 Å². The number of carbonyl (C=O) groups excluding carboxylic acids is 1. The van der Waals surface area contributed by atoms with Gasteiger partial charge in [0.25, 0.3) is 0 Å². The zero-order chi connectivity index (χ0) is 66.6. The molecular weight excluding hydrogens is 1160 g/mol. The average molecular weight is 1310 g/mol. The Labute approximate surface area is 565 Å². The number of rotatable bonds is 68. The van der Waals surface area contributed by atoms with E-state index in [2.05, 4.69) is 19.2 Å². The lowest BCUT2D eigenvalue weighted by atomic mass is 9.97. The standard InChI is InChI=1S/C78H151NO13/c1-3-5-7-9-11-13-15-17-19-21-23-25-27-29-31-33-35-37-39-41-43-45-47-49-51-53-55-57-59-61-67(82)66(65-89-77-75(88)73(86)76(69(64-81)91-77)92-78-74(87)72(85)71(84)68(63-80)90-78)79-70(83)62-60-58-56-54-52-50-48-46-44-42-40-38-36-34-32-30-28-26-24-22-20-18-16-14-12-10-8-6-4-2/h59,61,66-69,71-78,80-82,84-88H,3-58,60,62-65H2,1-2H3,(H,79,83)/b61-59+. The monoisotopic (exact) mass is 1310 g/mol. The summed E-state index contributed by atoms with van der Waals surface area (Å²) in [4.78, 5) is 13.4. The molecule has 2 aliphatic rings. The number of hydrogen-bond donors (Lipinski definition) is 9. The third-order valence-corrected chi connectivity index (χ3v) is 20.0. The number of ether oxygens (including phenoxy) is 4. The first-order valence-electron chi connectivity index (χ1n) is 39.9. The molecule has 1 amide bonds. The van der Waals surface area contributed by atoms with Crippen LogP contribution in [0.5, 0.6) is 0 Å². The fraction of sp³-hybridized carbons (Fsp3) is 0.962. The van der Waals surface area contributed by atoms with E-state index >= 15 is 0 Å². The predicted octanol–water partition coefficient (Wildman–Crippen LogP) is 17.7. The lowest BCUT2D eigenvalue weighted by Crippen LogP contribution is -2.65. The molecule has 0 aromatic rings. The van der Waals surface area contributed by atoms with Crippen LogP contribution in [0, 0.1) is 0 Å². The summed E-state index contributed by atoms with van der Waals surface area (Å²) in [5.41, 5.74) is 0. The molecule has 12 atom stereocenters. The second kappa shape index (κ2) is 63.2. The van der Waals surface area contributed by atoms with Crippen molar-refractivity contribution in [2.45, 2.75) is 460 Å². The number of unbranched alkanes of at least 4 members (excludes halogenated alkanes) is 55. The van der Waals surface area contributed by atoms with Crippen LogP contribution in [0.2, 0.25) is 0 Å². The third-order valence-electron chi connectivity index (χ3n) is 20.0. The topological polar surface area (TPSA) is 228 Å². The van der Waals surface area contributed by atoms with Crippen LogP contribution in [-0.4, -0.2) is 140 Å². The number of hydrogen-bond acceptors (Lipinski definition) is 13. The summed E-state index contributed by atoms with van der Waals surface area (Å²) in [5, 5.41) is 87.7. The van der Waals surface area contributed by atoms with Crippen molar-refractivity contribution in [2.24, 2.45) is 0 Å². The zero-order valence-electron chi connectivity index (χ0n) is 59.8. The van der Waals surface area contributed by atoms with Gasteiger partial charge in [-0.2, -0.15) is 0 Å². The molecule has 0 saturated carbocycles. The molecule has 2 fully saturated rings. The predicted molar refractivity (Wildman–Crippen MR) is 379 cm³/mol. The van der Waals surface area contributed by atoms with E-state index in [0.717, 1.165) is 44.9 Å². The first-order valence-corrected chi connectivity index (χ1v) is 39.9. The molecule has 0 aromatic heterocycles. The van der Waals surface area contributed by atoms with Crippen LogP contribution >= 0.6 is 0 Å². The van der Waals surface area contributed by atoms with Crippen LogP contribution < -0.4 is 5.32 Å². The van der Waals surface area contributed by atoms with Gasteiger partial charge in [0.15, 0.2) is 12.6 Å². The molecule has 0 spiro atoms. The maximum Gasteiger partial charge on any atom is 0.220 e. The molecule has 2 aliphatic heterocycles. The summed E-state index contributed by atoms with van der Waals surface area (Å²) in [5.74, 6) is -0.229. The number of allylic oxidation sites excluding steroid dienone is 1. The van der Waals surface area contributed by atoms with Gasteiger partial charge >= 0.3 is 0 Å². The minimum Gasteiger partial charge on any atom is -0.394 e. The quantitative estimate of drug-likeness (QED) is 0.0204. The van der Waals surface area contributed by atoms with E-state index in [4.69, 9.17) is 18.9 Å². The van der Waals surface area contributed by atoms with Crippen LogP contribution in [0.1, 0.15) is 386 Å². The van der Waals surface area contributed by atoms with Gasteiger partial charge < -0.3 is 65.1 Å². The molecule has 14 heteroatoms. The third kappa shape index (κ3) is 46.1. The molecule has 12 unspecified atom stereocenters. The summed E-state index contributed by atoms with van der Waals surface area (Å²) in [7, 11) is 0. The molecule has 92 heavy (non-hydrogen) atoms. The van der Waals surface area contributed by atoms with E-state index in [9.17, 15) is 45.6 Å².